The summed E-state index contributed by atoms with van der Waals surface area (Å²) in [5.74, 6) is -0.491. The molecule has 1 saturated heterocycles. The van der Waals surface area contributed by atoms with E-state index in [0.29, 0.717) is 13.0 Å². The van der Waals surface area contributed by atoms with Crippen LogP contribution in [0.2, 0.25) is 0 Å². The molecule has 4 nitrogen and oxygen atoms in total. The summed E-state index contributed by atoms with van der Waals surface area (Å²) < 4.78 is 4.80. The van der Waals surface area contributed by atoms with E-state index in [-0.39, 0.29) is 17.7 Å². The van der Waals surface area contributed by atoms with E-state index in [2.05, 4.69) is 0 Å². The van der Waals surface area contributed by atoms with Gasteiger partial charge in [-0.2, -0.15) is 0 Å². The molecule has 1 aliphatic heterocycles. The van der Waals surface area contributed by atoms with Gasteiger partial charge >= 0.3 is 5.97 Å². The minimum atomic E-state index is -0.594. The number of ether oxygens (including phenoxy) is 1. The van der Waals surface area contributed by atoms with Crippen molar-refractivity contribution in [1.82, 2.24) is 4.90 Å². The van der Waals surface area contributed by atoms with E-state index in [1.165, 1.54) is 12.0 Å². The van der Waals surface area contributed by atoms with Crippen molar-refractivity contribution in [3.8, 4) is 0 Å². The number of rotatable bonds is 4. The molecule has 5 heteroatoms. The van der Waals surface area contributed by atoms with E-state index in [9.17, 15) is 9.59 Å². The Labute approximate surface area is 117 Å². The van der Waals surface area contributed by atoms with E-state index < -0.39 is 12.0 Å². The number of hydrogen-bond donors (Lipinski definition) is 0. The van der Waals surface area contributed by atoms with Crippen LogP contribution in [0, 0.1) is 0 Å². The molecule has 1 aromatic rings. The van der Waals surface area contributed by atoms with Gasteiger partial charge in [-0.05, 0) is 5.56 Å². The number of carbonyl (C=O) groups is 2. The number of carbonyl (C=O) groups excluding carboxylic acids is 2. The van der Waals surface area contributed by atoms with Gasteiger partial charge < -0.3 is 9.64 Å². The van der Waals surface area contributed by atoms with Gasteiger partial charge in [-0.25, -0.2) is 4.79 Å². The van der Waals surface area contributed by atoms with Crippen LogP contribution in [0.4, 0.5) is 0 Å². The molecular weight excluding hydrogens is 266 g/mol. The summed E-state index contributed by atoms with van der Waals surface area (Å²) in [5.41, 5.74) is 0.990. The van der Waals surface area contributed by atoms with Crippen LogP contribution in [-0.4, -0.2) is 41.8 Å². The summed E-state index contributed by atoms with van der Waals surface area (Å²) in [6.45, 7) is 0.396. The molecule has 0 aliphatic carbocycles. The zero-order valence-electron chi connectivity index (χ0n) is 10.7. The Morgan fingerprint density at radius 3 is 2.68 bits per heavy atom. The quantitative estimate of drug-likeness (QED) is 0.622. The minimum Gasteiger partial charge on any atom is -0.467 e. The maximum Gasteiger partial charge on any atom is 0.328 e. The molecule has 0 saturated carbocycles. The fourth-order valence-corrected chi connectivity index (χ4v) is 2.56. The number of amides is 1. The fraction of sp³-hybridized carbons (Fsp3) is 0.429. The van der Waals surface area contributed by atoms with Crippen molar-refractivity contribution in [3.63, 3.8) is 0 Å². The Bertz CT molecular complexity index is 463. The number of benzene rings is 1. The van der Waals surface area contributed by atoms with E-state index in [1.807, 2.05) is 30.3 Å². The average Bonchev–Trinajstić information content (AvgIpc) is 2.75. The monoisotopic (exact) mass is 281 g/mol. The molecule has 1 fully saturated rings. The van der Waals surface area contributed by atoms with Gasteiger partial charge in [0, 0.05) is 19.4 Å². The lowest BCUT2D eigenvalue weighted by Crippen LogP contribution is -2.44. The van der Waals surface area contributed by atoms with E-state index in [0.717, 1.165) is 5.56 Å². The van der Waals surface area contributed by atoms with Gasteiger partial charge in [0.05, 0.1) is 12.5 Å². The molecule has 1 aromatic carbocycles. The molecule has 0 N–H and O–H groups in total. The summed E-state index contributed by atoms with van der Waals surface area (Å²) in [6, 6.07) is 8.97. The molecule has 0 spiro atoms. The largest absolute Gasteiger partial charge is 0.467 e. The van der Waals surface area contributed by atoms with Crippen molar-refractivity contribution in [2.24, 2.45) is 0 Å². The van der Waals surface area contributed by atoms with Crippen LogP contribution in [0.25, 0.3) is 0 Å². The summed E-state index contributed by atoms with van der Waals surface area (Å²) in [6.07, 6.45) is 0.729. The predicted octanol–water partition coefficient (Wildman–Crippen LogP) is 1.61. The highest BCUT2D eigenvalue weighted by molar-refractivity contribution is 6.22. The summed E-state index contributed by atoms with van der Waals surface area (Å²) >= 11 is 5.98. The first kappa shape index (κ1) is 13.9. The molecule has 19 heavy (non-hydrogen) atoms. The van der Waals surface area contributed by atoms with Crippen LogP contribution >= 0.6 is 11.6 Å². The van der Waals surface area contributed by atoms with Crippen LogP contribution in [-0.2, 0) is 20.7 Å². The molecule has 1 aliphatic rings. The van der Waals surface area contributed by atoms with Crippen LogP contribution in [0.15, 0.2) is 30.3 Å². The molecule has 1 heterocycles. The second kappa shape index (κ2) is 6.06. The highest BCUT2D eigenvalue weighted by Crippen LogP contribution is 2.21. The Hall–Kier alpha value is -1.55. The van der Waals surface area contributed by atoms with Gasteiger partial charge in [0.2, 0.25) is 5.91 Å². The lowest BCUT2D eigenvalue weighted by molar-refractivity contribution is -0.151. The molecule has 2 atom stereocenters. The van der Waals surface area contributed by atoms with Gasteiger partial charge in [0.15, 0.2) is 0 Å². The van der Waals surface area contributed by atoms with Crippen LogP contribution in [0.5, 0.6) is 0 Å². The second-order valence-corrected chi connectivity index (χ2v) is 5.19. The zero-order chi connectivity index (χ0) is 13.8. The molecule has 0 aromatic heterocycles. The average molecular weight is 282 g/mol. The molecule has 1 unspecified atom stereocenters. The maximum absolute atomic E-state index is 11.9. The number of halogens is 1. The molecule has 1 amide bonds. The first-order valence-electron chi connectivity index (χ1n) is 6.17. The minimum absolute atomic E-state index is 0.0914. The highest BCUT2D eigenvalue weighted by Gasteiger charge is 2.37. The van der Waals surface area contributed by atoms with Crippen molar-refractivity contribution in [2.75, 3.05) is 13.7 Å². The number of hydrogen-bond acceptors (Lipinski definition) is 3. The maximum atomic E-state index is 11.9. The molecule has 0 bridgehead atoms. The third kappa shape index (κ3) is 3.26. The fourth-order valence-electron chi connectivity index (χ4n) is 2.28. The molecule has 2 rings (SSSR count). The molecule has 102 valence electrons. The SMILES string of the molecule is COC(=O)[C@@H](Cc1ccccc1)N1CC(Cl)CC1=O. The van der Waals surface area contributed by atoms with Crippen molar-refractivity contribution >= 4 is 23.5 Å². The first-order chi connectivity index (χ1) is 9.11. The predicted molar refractivity (Wildman–Crippen MR) is 71.9 cm³/mol. The van der Waals surface area contributed by atoms with Gasteiger partial charge in [0.25, 0.3) is 0 Å². The van der Waals surface area contributed by atoms with Gasteiger partial charge in [-0.3, -0.25) is 4.79 Å². The second-order valence-electron chi connectivity index (χ2n) is 4.58. The van der Waals surface area contributed by atoms with E-state index in [4.69, 9.17) is 16.3 Å². The Kier molecular flexibility index (Phi) is 4.43. The smallest absolute Gasteiger partial charge is 0.328 e. The van der Waals surface area contributed by atoms with E-state index in [1.54, 1.807) is 0 Å². The Balaban J connectivity index is 2.17. The van der Waals surface area contributed by atoms with Gasteiger partial charge in [-0.1, -0.05) is 30.3 Å². The van der Waals surface area contributed by atoms with Gasteiger partial charge in [-0.15, -0.1) is 11.6 Å². The summed E-state index contributed by atoms with van der Waals surface area (Å²) in [4.78, 5) is 25.3. The van der Waals surface area contributed by atoms with Gasteiger partial charge in [0.1, 0.15) is 6.04 Å². The molecule has 0 radical (unpaired) electrons. The summed E-state index contributed by atoms with van der Waals surface area (Å²) in [7, 11) is 1.33. The number of alkyl halides is 1. The van der Waals surface area contributed by atoms with Crippen molar-refractivity contribution in [2.45, 2.75) is 24.3 Å². The Morgan fingerprint density at radius 2 is 2.16 bits per heavy atom. The number of likely N-dealkylation sites (tertiary alicyclic amines) is 1. The van der Waals surface area contributed by atoms with Crippen molar-refractivity contribution < 1.29 is 14.3 Å². The van der Waals surface area contributed by atoms with E-state index >= 15 is 0 Å². The number of nitrogens with zero attached hydrogens (tertiary/aromatic N) is 1. The Morgan fingerprint density at radius 1 is 1.47 bits per heavy atom. The summed E-state index contributed by atoms with van der Waals surface area (Å²) in [5, 5.41) is -0.226. The standard InChI is InChI=1S/C14H16ClNO3/c1-19-14(18)12(7-10-5-3-2-4-6-10)16-9-11(15)8-13(16)17/h2-6,11-12H,7-9H2,1H3/t11?,12-/m1/s1. The van der Waals surface area contributed by atoms with Crippen LogP contribution < -0.4 is 0 Å². The number of esters is 1. The first-order valence-corrected chi connectivity index (χ1v) is 6.60. The third-order valence-electron chi connectivity index (χ3n) is 3.23. The lowest BCUT2D eigenvalue weighted by Gasteiger charge is -2.25. The third-order valence-corrected chi connectivity index (χ3v) is 3.52. The van der Waals surface area contributed by atoms with Crippen LogP contribution in [0.1, 0.15) is 12.0 Å². The highest BCUT2D eigenvalue weighted by atomic mass is 35.5. The molecular formula is C14H16ClNO3. The van der Waals surface area contributed by atoms with Crippen molar-refractivity contribution in [3.05, 3.63) is 35.9 Å². The zero-order valence-corrected chi connectivity index (χ0v) is 11.5. The van der Waals surface area contributed by atoms with Crippen molar-refractivity contribution in [1.29, 1.82) is 0 Å². The topological polar surface area (TPSA) is 46.6 Å². The normalized spacial score (nSPS) is 20.4. The lowest BCUT2D eigenvalue weighted by atomic mass is 10.0. The number of methoxy groups -OCH3 is 1. The van der Waals surface area contributed by atoms with Crippen LogP contribution in [0.3, 0.4) is 0 Å².